The van der Waals surface area contributed by atoms with Crippen molar-refractivity contribution in [3.63, 3.8) is 0 Å². The van der Waals surface area contributed by atoms with Crippen molar-refractivity contribution >= 4 is 35.3 Å². The molecule has 2 aliphatic rings. The summed E-state index contributed by atoms with van der Waals surface area (Å²) in [7, 11) is 3.43. The maximum atomic E-state index is 13.0. The second-order valence-electron chi connectivity index (χ2n) is 10.00. The molecular formula is C32H34N4O4. The SMILES string of the molecule is CNc1ncc(/C=C/C(=O)N2CC3C=C(c4ccc(Oc5cccc(OC)c5)cc4)CC3C2)cc1NCCC=O. The Morgan fingerprint density at radius 2 is 1.93 bits per heavy atom. The molecule has 8 heteroatoms. The van der Waals surface area contributed by atoms with Crippen molar-refractivity contribution in [1.29, 1.82) is 0 Å². The lowest BCUT2D eigenvalue weighted by atomic mass is 9.98. The van der Waals surface area contributed by atoms with E-state index in [2.05, 4.69) is 33.8 Å². The van der Waals surface area contributed by atoms with Crippen LogP contribution in [0.4, 0.5) is 11.5 Å². The molecule has 1 aliphatic heterocycles. The van der Waals surface area contributed by atoms with Crippen LogP contribution in [0.1, 0.15) is 24.0 Å². The number of carbonyl (C=O) groups is 2. The van der Waals surface area contributed by atoms with E-state index in [0.29, 0.717) is 30.6 Å². The highest BCUT2D eigenvalue weighted by Gasteiger charge is 2.37. The number of ether oxygens (including phenoxy) is 2. The van der Waals surface area contributed by atoms with Gasteiger partial charge in [-0.2, -0.15) is 0 Å². The number of anilines is 2. The summed E-state index contributed by atoms with van der Waals surface area (Å²) in [6, 6.07) is 17.7. The van der Waals surface area contributed by atoms with Gasteiger partial charge in [0.2, 0.25) is 5.91 Å². The number of pyridine rings is 1. The van der Waals surface area contributed by atoms with Gasteiger partial charge < -0.3 is 29.8 Å². The first-order valence-corrected chi connectivity index (χ1v) is 13.5. The molecule has 3 aromatic rings. The summed E-state index contributed by atoms with van der Waals surface area (Å²) >= 11 is 0. The maximum Gasteiger partial charge on any atom is 0.246 e. The largest absolute Gasteiger partial charge is 0.497 e. The van der Waals surface area contributed by atoms with E-state index in [4.69, 9.17) is 9.47 Å². The number of allylic oxidation sites excluding steroid dienone is 1. The highest BCUT2D eigenvalue weighted by Crippen LogP contribution is 2.41. The fourth-order valence-corrected chi connectivity index (χ4v) is 5.29. The van der Waals surface area contributed by atoms with Gasteiger partial charge in [0.15, 0.2) is 0 Å². The molecule has 5 rings (SSSR count). The number of aldehydes is 1. The van der Waals surface area contributed by atoms with E-state index >= 15 is 0 Å². The number of rotatable bonds is 11. The second-order valence-corrected chi connectivity index (χ2v) is 10.00. The molecular weight excluding hydrogens is 504 g/mol. The van der Waals surface area contributed by atoms with Crippen LogP contribution in [0.15, 0.2) is 72.9 Å². The number of carbonyl (C=O) groups excluding carboxylic acids is 2. The van der Waals surface area contributed by atoms with Gasteiger partial charge in [-0.1, -0.05) is 24.3 Å². The standard InChI is InChI=1S/C32H34N4O4/c1-33-32-30(34-13-4-14-37)15-22(19-35-32)7-12-31(38)36-20-25-16-24(17-26(25)21-36)23-8-10-27(11-9-23)40-29-6-3-5-28(18-29)39-2/h3,5-12,14-16,18-19,25-26,34H,4,13,17,20-21H2,1-2H3,(H,33,35)/b12-7+. The molecule has 2 aromatic carbocycles. The van der Waals surface area contributed by atoms with E-state index in [9.17, 15) is 9.59 Å². The zero-order valence-electron chi connectivity index (χ0n) is 22.8. The average molecular weight is 539 g/mol. The number of fused-ring (bicyclic) bond motifs is 1. The fourth-order valence-electron chi connectivity index (χ4n) is 5.29. The molecule has 206 valence electrons. The van der Waals surface area contributed by atoms with E-state index in [-0.39, 0.29) is 5.91 Å². The predicted molar refractivity (Wildman–Crippen MR) is 158 cm³/mol. The molecule has 2 N–H and O–H groups in total. The zero-order valence-corrected chi connectivity index (χ0v) is 22.8. The third-order valence-electron chi connectivity index (χ3n) is 7.34. The Hall–Kier alpha value is -4.59. The van der Waals surface area contributed by atoms with Gasteiger partial charge in [0.1, 0.15) is 29.4 Å². The molecule has 40 heavy (non-hydrogen) atoms. The lowest BCUT2D eigenvalue weighted by Crippen LogP contribution is -2.27. The number of amides is 1. The van der Waals surface area contributed by atoms with Crippen molar-refractivity contribution in [3.05, 3.63) is 84.1 Å². The molecule has 1 aliphatic carbocycles. The van der Waals surface area contributed by atoms with E-state index in [1.807, 2.05) is 47.4 Å². The van der Waals surface area contributed by atoms with Gasteiger partial charge >= 0.3 is 0 Å². The number of hydrogen-bond acceptors (Lipinski definition) is 7. The van der Waals surface area contributed by atoms with Crippen molar-refractivity contribution in [2.24, 2.45) is 11.8 Å². The summed E-state index contributed by atoms with van der Waals surface area (Å²) in [5, 5.41) is 6.24. The number of benzene rings is 2. The molecule has 2 heterocycles. The Morgan fingerprint density at radius 3 is 2.67 bits per heavy atom. The minimum absolute atomic E-state index is 0.0107. The number of methoxy groups -OCH3 is 1. The van der Waals surface area contributed by atoms with Crippen LogP contribution in [0.2, 0.25) is 0 Å². The summed E-state index contributed by atoms with van der Waals surface area (Å²) in [5.41, 5.74) is 4.14. The second kappa shape index (κ2) is 12.5. The lowest BCUT2D eigenvalue weighted by Gasteiger charge is -2.15. The molecule has 8 nitrogen and oxygen atoms in total. The monoisotopic (exact) mass is 538 g/mol. The quantitative estimate of drug-likeness (QED) is 0.189. The van der Waals surface area contributed by atoms with Crippen molar-refractivity contribution in [1.82, 2.24) is 9.88 Å². The topological polar surface area (TPSA) is 92.8 Å². The van der Waals surface area contributed by atoms with Gasteiger partial charge in [0.25, 0.3) is 0 Å². The van der Waals surface area contributed by atoms with Crippen LogP contribution in [-0.2, 0) is 9.59 Å². The number of aromatic nitrogens is 1. The first-order chi connectivity index (χ1) is 19.6. The van der Waals surface area contributed by atoms with Gasteiger partial charge in [0.05, 0.1) is 12.8 Å². The van der Waals surface area contributed by atoms with Crippen LogP contribution in [-0.4, -0.2) is 55.9 Å². The van der Waals surface area contributed by atoms with Crippen LogP contribution in [0, 0.1) is 11.8 Å². The Balaban J connectivity index is 1.17. The van der Waals surface area contributed by atoms with Gasteiger partial charge in [-0.3, -0.25) is 4.79 Å². The first-order valence-electron chi connectivity index (χ1n) is 13.5. The summed E-state index contributed by atoms with van der Waals surface area (Å²) in [5.74, 6) is 3.78. The average Bonchev–Trinajstić information content (AvgIpc) is 3.57. The van der Waals surface area contributed by atoms with Crippen LogP contribution in [0.25, 0.3) is 11.6 Å². The highest BCUT2D eigenvalue weighted by atomic mass is 16.5. The van der Waals surface area contributed by atoms with E-state index in [1.54, 1.807) is 32.5 Å². The Labute approximate surface area is 234 Å². The number of nitrogens with one attached hydrogen (secondary N) is 2. The smallest absolute Gasteiger partial charge is 0.246 e. The van der Waals surface area contributed by atoms with E-state index in [1.165, 1.54) is 11.1 Å². The zero-order chi connectivity index (χ0) is 27.9. The van der Waals surface area contributed by atoms with E-state index in [0.717, 1.165) is 54.3 Å². The molecule has 0 radical (unpaired) electrons. The molecule has 1 amide bonds. The van der Waals surface area contributed by atoms with E-state index < -0.39 is 0 Å². The van der Waals surface area contributed by atoms with Gasteiger partial charge in [-0.15, -0.1) is 0 Å². The van der Waals surface area contributed by atoms with Crippen molar-refractivity contribution in [3.8, 4) is 17.2 Å². The lowest BCUT2D eigenvalue weighted by molar-refractivity contribution is -0.125. The minimum Gasteiger partial charge on any atom is -0.497 e. The normalized spacial score (nSPS) is 17.9. The highest BCUT2D eigenvalue weighted by molar-refractivity contribution is 5.92. The number of nitrogens with zero attached hydrogens (tertiary/aromatic N) is 2. The summed E-state index contributed by atoms with van der Waals surface area (Å²) in [6.07, 6.45) is 9.72. The Kier molecular flexibility index (Phi) is 8.44. The predicted octanol–water partition coefficient (Wildman–Crippen LogP) is 5.50. The number of likely N-dealkylation sites (tertiary alicyclic amines) is 1. The van der Waals surface area contributed by atoms with Crippen LogP contribution < -0.4 is 20.1 Å². The summed E-state index contributed by atoms with van der Waals surface area (Å²) in [4.78, 5) is 29.9. The third kappa shape index (κ3) is 6.34. The van der Waals surface area contributed by atoms with Crippen molar-refractivity contribution < 1.29 is 19.1 Å². The first kappa shape index (κ1) is 27.0. The molecule has 0 saturated carbocycles. The number of hydrogen-bond donors (Lipinski definition) is 2. The van der Waals surface area contributed by atoms with Gasteiger partial charge in [0, 0.05) is 51.4 Å². The van der Waals surface area contributed by atoms with Gasteiger partial charge in [-0.05, 0) is 71.4 Å². The third-order valence-corrected chi connectivity index (χ3v) is 7.34. The Morgan fingerprint density at radius 1 is 1.10 bits per heavy atom. The van der Waals surface area contributed by atoms with Gasteiger partial charge in [-0.25, -0.2) is 4.98 Å². The molecule has 1 aromatic heterocycles. The van der Waals surface area contributed by atoms with Crippen LogP contribution in [0.3, 0.4) is 0 Å². The Bertz CT molecular complexity index is 1420. The molecule has 2 atom stereocenters. The van der Waals surface area contributed by atoms with Crippen molar-refractivity contribution in [2.75, 3.05) is 44.4 Å². The fraction of sp³-hybridized carbons (Fsp3) is 0.281. The van der Waals surface area contributed by atoms with Crippen LogP contribution in [0.5, 0.6) is 17.2 Å². The molecule has 2 unspecified atom stereocenters. The molecule has 0 spiro atoms. The van der Waals surface area contributed by atoms with Crippen molar-refractivity contribution in [2.45, 2.75) is 12.8 Å². The summed E-state index contributed by atoms with van der Waals surface area (Å²) in [6.45, 7) is 2.00. The van der Waals surface area contributed by atoms with Crippen LogP contribution >= 0.6 is 0 Å². The summed E-state index contributed by atoms with van der Waals surface area (Å²) < 4.78 is 11.2. The molecule has 1 fully saturated rings. The molecule has 0 bridgehead atoms. The maximum absolute atomic E-state index is 13.0. The molecule has 1 saturated heterocycles. The minimum atomic E-state index is 0.0107.